The Labute approximate surface area is 405 Å². The Morgan fingerprint density at radius 1 is 0.190 bits per heavy atom. The van der Waals surface area contributed by atoms with Gasteiger partial charge in [-0.1, -0.05) is 225 Å². The van der Waals surface area contributed by atoms with Crippen LogP contribution in [0.5, 0.6) is 0 Å². The molecule has 3 atom stereocenters. The Hall–Kier alpha value is 0. The zero-order valence-electron chi connectivity index (χ0n) is 49.9. The fourth-order valence-electron chi connectivity index (χ4n) is 11.8. The highest BCUT2D eigenvalue weighted by molar-refractivity contribution is 4.89. The predicted molar refractivity (Wildman–Crippen MR) is 296 cm³/mol. The van der Waals surface area contributed by atoms with Crippen LogP contribution in [-0.2, 0) is 0 Å². The van der Waals surface area contributed by atoms with Crippen molar-refractivity contribution in [2.24, 2.45) is 105 Å². The first-order valence-corrected chi connectivity index (χ1v) is 28.8. The molecule has 0 aromatic heterocycles. The van der Waals surface area contributed by atoms with E-state index in [1.165, 1.54) is 116 Å². The average Bonchev–Trinajstić information content (AvgIpc) is 3.10. The molecule has 0 radical (unpaired) electrons. The van der Waals surface area contributed by atoms with Gasteiger partial charge in [0.2, 0.25) is 0 Å². The molecule has 63 heavy (non-hydrogen) atoms. The Bertz CT molecular complexity index is 833. The molecule has 384 valence electrons. The molecular formula is C63H132. The Morgan fingerprint density at radius 2 is 0.333 bits per heavy atom. The quantitative estimate of drug-likeness (QED) is 0.0616. The summed E-state index contributed by atoms with van der Waals surface area (Å²) < 4.78 is 0. The van der Waals surface area contributed by atoms with Crippen LogP contribution in [0.2, 0.25) is 0 Å². The molecule has 0 heteroatoms. The minimum Gasteiger partial charge on any atom is -0.0628 e. The first kappa shape index (κ1) is 67.3. The van der Waals surface area contributed by atoms with E-state index in [1.54, 1.807) is 0 Å². The summed E-state index contributed by atoms with van der Waals surface area (Å²) in [6, 6.07) is 0. The van der Waals surface area contributed by atoms with Gasteiger partial charge in [-0.3, -0.25) is 0 Å². The van der Waals surface area contributed by atoms with Crippen molar-refractivity contribution in [3.05, 3.63) is 0 Å². The molecule has 0 aromatic rings. The van der Waals surface area contributed by atoms with Crippen molar-refractivity contribution in [3.63, 3.8) is 0 Å². The van der Waals surface area contributed by atoms with Gasteiger partial charge >= 0.3 is 0 Å². The van der Waals surface area contributed by atoms with Crippen LogP contribution in [0.4, 0.5) is 0 Å². The first-order valence-electron chi connectivity index (χ1n) is 28.8. The highest BCUT2D eigenvalue weighted by Gasteiger charge is 2.39. The van der Waals surface area contributed by atoms with E-state index in [0.717, 1.165) is 88.8 Å². The molecule has 0 aliphatic rings. The van der Waals surface area contributed by atoms with Crippen molar-refractivity contribution in [2.75, 3.05) is 0 Å². The summed E-state index contributed by atoms with van der Waals surface area (Å²) in [6.45, 7) is 65.1. The van der Waals surface area contributed by atoms with Crippen molar-refractivity contribution in [1.29, 1.82) is 0 Å². The Kier molecular flexibility index (Phi) is 37.5. The fourth-order valence-corrected chi connectivity index (χ4v) is 11.8. The second kappa shape index (κ2) is 35.2. The van der Waals surface area contributed by atoms with Crippen LogP contribution in [0, 0.1) is 105 Å². The maximum absolute atomic E-state index is 2.54. The van der Waals surface area contributed by atoms with Gasteiger partial charge in [-0.15, -0.1) is 0 Å². The van der Waals surface area contributed by atoms with Crippen LogP contribution in [0.15, 0.2) is 0 Å². The standard InChI is InChI=1S/3C21H44/c3*1-16(2)10-12-21(15-19(7)8,13-11-17(3)4)20(9)14-18(5)6/h3*16-20H,10-15H2,1-9H3. The molecule has 0 aliphatic heterocycles. The molecule has 0 nitrogen and oxygen atoms in total. The summed E-state index contributed by atoms with van der Waals surface area (Å²) in [6.07, 6.45) is 25.4. The van der Waals surface area contributed by atoms with Crippen molar-refractivity contribution in [2.45, 2.75) is 303 Å². The maximum atomic E-state index is 2.54. The SMILES string of the molecule is CC(C)CCC(CCC(C)C)(CC(C)C)C(C)CC(C)C.CC(C)CCC(CCC(C)C)(CC(C)C)C(C)CC(C)C.CC(C)CCC(CCC(C)C)(CC(C)C)C(C)CC(C)C. The summed E-state index contributed by atoms with van der Waals surface area (Å²) in [5.41, 5.74) is 1.73. The van der Waals surface area contributed by atoms with Crippen LogP contribution >= 0.6 is 0 Å². The molecule has 0 heterocycles. The lowest BCUT2D eigenvalue weighted by Crippen LogP contribution is -2.32. The van der Waals surface area contributed by atoms with E-state index in [9.17, 15) is 0 Å². The molecule has 0 amide bonds. The van der Waals surface area contributed by atoms with E-state index in [2.05, 4.69) is 187 Å². The summed E-state index contributed by atoms with van der Waals surface area (Å²) in [5, 5.41) is 0. The lowest BCUT2D eigenvalue weighted by Gasteiger charge is -2.43. The summed E-state index contributed by atoms with van der Waals surface area (Å²) in [7, 11) is 0. The molecule has 0 aromatic carbocycles. The monoisotopic (exact) mass is 889 g/mol. The molecule has 3 unspecified atom stereocenters. The van der Waals surface area contributed by atoms with E-state index in [-0.39, 0.29) is 0 Å². The molecular weight excluding hydrogens is 757 g/mol. The predicted octanol–water partition coefficient (Wildman–Crippen LogP) is 22.7. The molecule has 0 N–H and O–H groups in total. The topological polar surface area (TPSA) is 0 Å². The minimum absolute atomic E-state index is 0.576. The van der Waals surface area contributed by atoms with E-state index in [0.29, 0.717) is 16.2 Å². The van der Waals surface area contributed by atoms with Crippen molar-refractivity contribution >= 4 is 0 Å². The third kappa shape index (κ3) is 34.0. The van der Waals surface area contributed by atoms with Gasteiger partial charge in [-0.25, -0.2) is 0 Å². The lowest BCUT2D eigenvalue weighted by molar-refractivity contribution is 0.0763. The van der Waals surface area contributed by atoms with Gasteiger partial charge in [0.25, 0.3) is 0 Å². The largest absolute Gasteiger partial charge is 0.0628 e. The average molecular weight is 890 g/mol. The van der Waals surface area contributed by atoms with Gasteiger partial charge < -0.3 is 0 Å². The Morgan fingerprint density at radius 3 is 0.429 bits per heavy atom. The maximum Gasteiger partial charge on any atom is -0.0269 e. The fraction of sp³-hybridized carbons (Fsp3) is 1.00. The number of hydrogen-bond acceptors (Lipinski definition) is 0. The van der Waals surface area contributed by atoms with Crippen LogP contribution in [-0.4, -0.2) is 0 Å². The molecule has 0 bridgehead atoms. The molecule has 0 saturated heterocycles. The summed E-state index contributed by atoms with van der Waals surface area (Å²) >= 11 is 0. The van der Waals surface area contributed by atoms with Gasteiger partial charge in [0.15, 0.2) is 0 Å². The highest BCUT2D eigenvalue weighted by atomic mass is 14.4. The van der Waals surface area contributed by atoms with Crippen molar-refractivity contribution in [3.8, 4) is 0 Å². The van der Waals surface area contributed by atoms with Crippen LogP contribution < -0.4 is 0 Å². The normalized spacial score (nSPS) is 14.7. The first-order chi connectivity index (χ1) is 28.8. The smallest absolute Gasteiger partial charge is 0.0269 e. The van der Waals surface area contributed by atoms with Gasteiger partial charge in [0, 0.05) is 0 Å². The highest BCUT2D eigenvalue weighted by Crippen LogP contribution is 2.50. The van der Waals surface area contributed by atoms with E-state index < -0.39 is 0 Å². The van der Waals surface area contributed by atoms with E-state index in [4.69, 9.17) is 0 Å². The number of hydrogen-bond donors (Lipinski definition) is 0. The molecule has 0 rings (SSSR count). The molecule has 0 fully saturated rings. The minimum atomic E-state index is 0.576. The van der Waals surface area contributed by atoms with Crippen LogP contribution in [0.3, 0.4) is 0 Å². The van der Waals surface area contributed by atoms with Crippen LogP contribution in [0.1, 0.15) is 303 Å². The van der Waals surface area contributed by atoms with Gasteiger partial charge in [0.05, 0.1) is 0 Å². The second-order valence-corrected chi connectivity index (χ2v) is 28.1. The summed E-state index contributed by atoms with van der Waals surface area (Å²) in [4.78, 5) is 0. The van der Waals surface area contributed by atoms with Crippen molar-refractivity contribution < 1.29 is 0 Å². The lowest BCUT2D eigenvalue weighted by atomic mass is 9.62. The van der Waals surface area contributed by atoms with Gasteiger partial charge in [-0.2, -0.15) is 0 Å². The molecule has 0 spiro atoms. The molecule has 0 saturated carbocycles. The zero-order valence-corrected chi connectivity index (χ0v) is 49.9. The van der Waals surface area contributed by atoms with E-state index in [1.807, 2.05) is 0 Å². The zero-order chi connectivity index (χ0) is 49.9. The van der Waals surface area contributed by atoms with E-state index >= 15 is 0 Å². The van der Waals surface area contributed by atoms with Crippen molar-refractivity contribution in [1.82, 2.24) is 0 Å². The number of rotatable bonds is 33. The Balaban J connectivity index is -0.000000857. The summed E-state index contributed by atoms with van der Waals surface area (Å²) in [5.74, 6) is 12.5. The second-order valence-electron chi connectivity index (χ2n) is 28.1. The molecule has 0 aliphatic carbocycles. The van der Waals surface area contributed by atoms with Gasteiger partial charge in [0.1, 0.15) is 0 Å². The third-order valence-corrected chi connectivity index (χ3v) is 15.4. The third-order valence-electron chi connectivity index (χ3n) is 15.4. The van der Waals surface area contributed by atoms with Crippen LogP contribution in [0.25, 0.3) is 0 Å². The van der Waals surface area contributed by atoms with Gasteiger partial charge in [-0.05, 0) is 182 Å².